The molecular weight excluding hydrogens is 390 g/mol. The number of benzene rings is 2. The first-order valence-electron chi connectivity index (χ1n) is 10.2. The molecule has 0 aliphatic carbocycles. The number of aryl methyl sites for hydroxylation is 1. The molecular formula is C25H23N3O3. The summed E-state index contributed by atoms with van der Waals surface area (Å²) in [5.41, 5.74) is 5.41. The van der Waals surface area contributed by atoms with Crippen molar-refractivity contribution in [3.63, 3.8) is 0 Å². The molecule has 0 unspecified atom stereocenters. The van der Waals surface area contributed by atoms with Crippen LogP contribution in [0.3, 0.4) is 0 Å². The Morgan fingerprint density at radius 2 is 1.77 bits per heavy atom. The molecule has 0 N–H and O–H groups in total. The number of aromatic nitrogens is 2. The maximum Gasteiger partial charge on any atom is 0.148 e. The summed E-state index contributed by atoms with van der Waals surface area (Å²) >= 11 is 0. The summed E-state index contributed by atoms with van der Waals surface area (Å²) in [6, 6.07) is 15.8. The first-order valence-corrected chi connectivity index (χ1v) is 10.2. The average Bonchev–Trinajstić information content (AvgIpc) is 3.26. The van der Waals surface area contributed by atoms with E-state index in [-0.39, 0.29) is 0 Å². The molecule has 5 rings (SSSR count). The van der Waals surface area contributed by atoms with E-state index in [1.165, 1.54) is 11.3 Å². The van der Waals surface area contributed by atoms with Crippen LogP contribution in [-0.2, 0) is 6.42 Å². The molecule has 6 nitrogen and oxygen atoms in total. The number of anilines is 2. The van der Waals surface area contributed by atoms with Gasteiger partial charge in [0.05, 0.1) is 26.1 Å². The van der Waals surface area contributed by atoms with Gasteiger partial charge in [-0.1, -0.05) is 0 Å². The van der Waals surface area contributed by atoms with Gasteiger partial charge in [-0.3, -0.25) is 4.98 Å². The maximum absolute atomic E-state index is 5.89. The monoisotopic (exact) mass is 413 g/mol. The minimum Gasteiger partial charge on any atom is -0.497 e. The Kier molecular flexibility index (Phi) is 4.82. The van der Waals surface area contributed by atoms with Crippen LogP contribution in [0.25, 0.3) is 10.9 Å². The Balaban J connectivity index is 1.56. The lowest BCUT2D eigenvalue weighted by Crippen LogP contribution is -2.13. The molecule has 1 aliphatic rings. The second-order valence-corrected chi connectivity index (χ2v) is 7.44. The number of methoxy groups -OCH3 is 2. The molecule has 0 spiro atoms. The van der Waals surface area contributed by atoms with Crippen molar-refractivity contribution >= 4 is 22.3 Å². The zero-order chi connectivity index (χ0) is 21.4. The van der Waals surface area contributed by atoms with Crippen molar-refractivity contribution in [1.29, 1.82) is 0 Å². The van der Waals surface area contributed by atoms with Crippen LogP contribution in [0.4, 0.5) is 11.4 Å². The summed E-state index contributed by atoms with van der Waals surface area (Å²) in [7, 11) is 3.33. The number of pyridine rings is 2. The third-order valence-corrected chi connectivity index (χ3v) is 5.64. The fraction of sp³-hybridized carbons (Fsp3) is 0.200. The van der Waals surface area contributed by atoms with E-state index in [2.05, 4.69) is 28.9 Å². The second kappa shape index (κ2) is 7.80. The standard InChI is InChI=1S/C25H23N3O3/c1-16-21-10-12-28(17-6-8-18(9-7-17)31-19-5-4-11-26-15-19)25(21)22-13-20(29-2)14-23(30-3)24(22)27-16/h4-9,11,13-15H,10,12H2,1-3H3. The largest absolute Gasteiger partial charge is 0.497 e. The number of ether oxygens (including phenoxy) is 3. The topological polar surface area (TPSA) is 56.7 Å². The molecule has 2 aromatic heterocycles. The Bertz CT molecular complexity index is 1240. The van der Waals surface area contributed by atoms with Crippen molar-refractivity contribution in [2.24, 2.45) is 0 Å². The molecule has 0 amide bonds. The highest BCUT2D eigenvalue weighted by Crippen LogP contribution is 2.44. The highest BCUT2D eigenvalue weighted by atomic mass is 16.5. The fourth-order valence-corrected chi connectivity index (χ4v) is 4.16. The van der Waals surface area contributed by atoms with Crippen molar-refractivity contribution in [2.45, 2.75) is 13.3 Å². The lowest BCUT2D eigenvalue weighted by Gasteiger charge is -2.22. The van der Waals surface area contributed by atoms with Gasteiger partial charge in [0.15, 0.2) is 0 Å². The van der Waals surface area contributed by atoms with Crippen LogP contribution in [-0.4, -0.2) is 30.7 Å². The quantitative estimate of drug-likeness (QED) is 0.434. The summed E-state index contributed by atoms with van der Waals surface area (Å²) in [6.07, 6.45) is 4.37. The Morgan fingerprint density at radius 3 is 2.48 bits per heavy atom. The van der Waals surface area contributed by atoms with Crippen LogP contribution in [0.15, 0.2) is 60.9 Å². The minimum atomic E-state index is 0.715. The lowest BCUT2D eigenvalue weighted by molar-refractivity contribution is 0.397. The number of rotatable bonds is 5. The summed E-state index contributed by atoms with van der Waals surface area (Å²) in [4.78, 5) is 11.3. The Hall–Kier alpha value is -3.80. The SMILES string of the molecule is COc1cc(OC)c2nc(C)c3c(c2c1)N(c1ccc(Oc2cccnc2)cc1)CC3. The summed E-state index contributed by atoms with van der Waals surface area (Å²) in [5.74, 6) is 2.96. The van der Waals surface area contributed by atoms with Gasteiger partial charge >= 0.3 is 0 Å². The number of hydrogen-bond acceptors (Lipinski definition) is 6. The first-order chi connectivity index (χ1) is 15.2. The van der Waals surface area contributed by atoms with E-state index in [1.807, 2.05) is 36.4 Å². The highest BCUT2D eigenvalue weighted by Gasteiger charge is 2.27. The van der Waals surface area contributed by atoms with Crippen LogP contribution in [0.1, 0.15) is 11.3 Å². The van der Waals surface area contributed by atoms with Gasteiger partial charge in [-0.05, 0) is 61.4 Å². The van der Waals surface area contributed by atoms with Crippen molar-refractivity contribution in [2.75, 3.05) is 25.7 Å². The normalized spacial score (nSPS) is 12.7. The second-order valence-electron chi connectivity index (χ2n) is 7.44. The van der Waals surface area contributed by atoms with E-state index in [9.17, 15) is 0 Å². The van der Waals surface area contributed by atoms with E-state index < -0.39 is 0 Å². The average molecular weight is 413 g/mol. The third kappa shape index (κ3) is 3.40. The molecule has 0 fully saturated rings. The van der Waals surface area contributed by atoms with Crippen molar-refractivity contribution in [1.82, 2.24) is 9.97 Å². The zero-order valence-electron chi connectivity index (χ0n) is 17.8. The molecule has 3 heterocycles. The maximum atomic E-state index is 5.89. The van der Waals surface area contributed by atoms with Crippen LogP contribution < -0.4 is 19.1 Å². The van der Waals surface area contributed by atoms with Gasteiger partial charge in [-0.2, -0.15) is 0 Å². The van der Waals surface area contributed by atoms with E-state index in [0.29, 0.717) is 11.5 Å². The van der Waals surface area contributed by atoms with Crippen LogP contribution in [0.2, 0.25) is 0 Å². The van der Waals surface area contributed by atoms with Crippen molar-refractivity contribution < 1.29 is 14.2 Å². The van der Waals surface area contributed by atoms with E-state index in [1.54, 1.807) is 26.6 Å². The number of nitrogens with zero attached hydrogens (tertiary/aromatic N) is 3. The van der Waals surface area contributed by atoms with Gasteiger partial charge in [-0.15, -0.1) is 0 Å². The van der Waals surface area contributed by atoms with E-state index in [0.717, 1.165) is 46.7 Å². The Labute approximate surface area is 181 Å². The lowest BCUT2D eigenvalue weighted by atomic mass is 10.1. The summed E-state index contributed by atoms with van der Waals surface area (Å²) < 4.78 is 17.0. The van der Waals surface area contributed by atoms with Crippen LogP contribution >= 0.6 is 0 Å². The smallest absolute Gasteiger partial charge is 0.148 e. The number of hydrogen-bond donors (Lipinski definition) is 0. The molecule has 0 radical (unpaired) electrons. The van der Waals surface area contributed by atoms with Gasteiger partial charge < -0.3 is 19.1 Å². The molecule has 6 heteroatoms. The van der Waals surface area contributed by atoms with Gasteiger partial charge in [0.1, 0.15) is 28.5 Å². The van der Waals surface area contributed by atoms with Gasteiger partial charge in [0.2, 0.25) is 0 Å². The van der Waals surface area contributed by atoms with Crippen LogP contribution in [0, 0.1) is 6.92 Å². The molecule has 0 atom stereocenters. The molecule has 31 heavy (non-hydrogen) atoms. The molecule has 0 saturated heterocycles. The molecule has 0 saturated carbocycles. The molecule has 2 aromatic carbocycles. The molecule has 0 bridgehead atoms. The summed E-state index contributed by atoms with van der Waals surface area (Å²) in [6.45, 7) is 2.95. The van der Waals surface area contributed by atoms with Gasteiger partial charge in [0, 0.05) is 35.6 Å². The molecule has 156 valence electrons. The summed E-state index contributed by atoms with van der Waals surface area (Å²) in [5, 5.41) is 1.03. The predicted octanol–water partition coefficient (Wildman–Crippen LogP) is 5.44. The third-order valence-electron chi connectivity index (χ3n) is 5.64. The van der Waals surface area contributed by atoms with Gasteiger partial charge in [0.25, 0.3) is 0 Å². The predicted molar refractivity (Wildman–Crippen MR) is 121 cm³/mol. The number of fused-ring (bicyclic) bond motifs is 3. The van der Waals surface area contributed by atoms with Crippen molar-refractivity contribution in [3.05, 3.63) is 72.2 Å². The van der Waals surface area contributed by atoms with E-state index in [4.69, 9.17) is 19.2 Å². The van der Waals surface area contributed by atoms with Crippen molar-refractivity contribution in [3.8, 4) is 23.0 Å². The highest BCUT2D eigenvalue weighted by molar-refractivity contribution is 6.01. The fourth-order valence-electron chi connectivity index (χ4n) is 4.16. The van der Waals surface area contributed by atoms with E-state index >= 15 is 0 Å². The zero-order valence-corrected chi connectivity index (χ0v) is 17.8. The van der Waals surface area contributed by atoms with Gasteiger partial charge in [-0.25, -0.2) is 4.98 Å². The van der Waals surface area contributed by atoms with Crippen LogP contribution in [0.5, 0.6) is 23.0 Å². The Morgan fingerprint density at radius 1 is 0.935 bits per heavy atom. The first kappa shape index (κ1) is 19.2. The molecule has 1 aliphatic heterocycles. The molecule has 4 aromatic rings. The minimum absolute atomic E-state index is 0.715.